The van der Waals surface area contributed by atoms with E-state index in [1.807, 2.05) is 29.2 Å². The molecule has 1 amide bonds. The fourth-order valence-corrected chi connectivity index (χ4v) is 3.88. The van der Waals surface area contributed by atoms with Gasteiger partial charge in [0.05, 0.1) is 30.8 Å². The summed E-state index contributed by atoms with van der Waals surface area (Å²) in [4.78, 5) is 19.4. The van der Waals surface area contributed by atoms with Gasteiger partial charge in [0.15, 0.2) is 5.82 Å². The summed E-state index contributed by atoms with van der Waals surface area (Å²) in [5, 5.41) is 19.7. The van der Waals surface area contributed by atoms with Gasteiger partial charge in [0.2, 0.25) is 0 Å². The molecule has 2 aliphatic rings. The van der Waals surface area contributed by atoms with Crippen LogP contribution in [0.3, 0.4) is 0 Å². The first kappa shape index (κ1) is 19.4. The third kappa shape index (κ3) is 4.17. The summed E-state index contributed by atoms with van der Waals surface area (Å²) < 4.78 is 6.96. The second-order valence-electron chi connectivity index (χ2n) is 7.46. The fourth-order valence-electron chi connectivity index (χ4n) is 3.88. The van der Waals surface area contributed by atoms with Crippen molar-refractivity contribution in [1.29, 1.82) is 0 Å². The Labute approximate surface area is 179 Å². The third-order valence-corrected chi connectivity index (χ3v) is 5.60. The lowest BCUT2D eigenvalue weighted by molar-refractivity contribution is 0.0746. The molecular formula is C20H23N9O2. The van der Waals surface area contributed by atoms with Crippen LogP contribution in [0.25, 0.3) is 5.69 Å². The number of rotatable bonds is 4. The molecule has 0 atom stereocenters. The highest BCUT2D eigenvalue weighted by atomic mass is 16.5. The molecule has 11 nitrogen and oxygen atoms in total. The van der Waals surface area contributed by atoms with Crippen LogP contribution in [0.15, 0.2) is 42.9 Å². The molecule has 0 aliphatic carbocycles. The molecule has 0 bridgehead atoms. The summed E-state index contributed by atoms with van der Waals surface area (Å²) in [5.74, 6) is 0.884. The van der Waals surface area contributed by atoms with Crippen molar-refractivity contribution in [3.8, 4) is 5.69 Å². The van der Waals surface area contributed by atoms with E-state index in [9.17, 15) is 4.79 Å². The number of carbonyl (C=O) groups excluding carboxylic acids is 1. The zero-order valence-corrected chi connectivity index (χ0v) is 17.0. The molecule has 3 aromatic rings. The first-order valence-corrected chi connectivity index (χ1v) is 10.3. The number of piperazine rings is 1. The maximum absolute atomic E-state index is 13.0. The number of nitrogens with zero attached hydrogens (tertiary/aromatic N) is 9. The van der Waals surface area contributed by atoms with Crippen molar-refractivity contribution in [3.05, 3.63) is 48.4 Å². The quantitative estimate of drug-likeness (QED) is 0.586. The number of ether oxygens (including phenoxy) is 1. The van der Waals surface area contributed by atoms with Crippen LogP contribution in [0.1, 0.15) is 10.4 Å². The van der Waals surface area contributed by atoms with E-state index in [2.05, 4.69) is 41.6 Å². The number of hydrogen-bond acceptors (Lipinski definition) is 9. The number of tetrazole rings is 1. The Morgan fingerprint density at radius 2 is 1.74 bits per heavy atom. The number of amides is 1. The van der Waals surface area contributed by atoms with E-state index >= 15 is 0 Å². The molecule has 2 aliphatic heterocycles. The van der Waals surface area contributed by atoms with Crippen LogP contribution in [0.5, 0.6) is 0 Å². The number of anilines is 2. The molecular weight excluding hydrogens is 398 g/mol. The van der Waals surface area contributed by atoms with Crippen LogP contribution in [-0.4, -0.2) is 93.7 Å². The van der Waals surface area contributed by atoms with Gasteiger partial charge in [-0.2, -0.15) is 5.10 Å². The Hall–Kier alpha value is -3.60. The van der Waals surface area contributed by atoms with E-state index in [0.717, 1.165) is 43.4 Å². The minimum Gasteiger partial charge on any atom is -0.378 e. The van der Waals surface area contributed by atoms with Crippen LogP contribution in [-0.2, 0) is 4.74 Å². The second-order valence-corrected chi connectivity index (χ2v) is 7.46. The largest absolute Gasteiger partial charge is 0.378 e. The number of carbonyl (C=O) groups is 1. The van der Waals surface area contributed by atoms with Crippen molar-refractivity contribution in [2.45, 2.75) is 0 Å². The van der Waals surface area contributed by atoms with Crippen molar-refractivity contribution >= 4 is 17.4 Å². The second kappa shape index (κ2) is 8.64. The number of hydrogen-bond donors (Lipinski definition) is 0. The van der Waals surface area contributed by atoms with E-state index < -0.39 is 0 Å². The van der Waals surface area contributed by atoms with Crippen LogP contribution in [0.2, 0.25) is 0 Å². The van der Waals surface area contributed by atoms with Crippen molar-refractivity contribution in [2.75, 3.05) is 62.3 Å². The highest BCUT2D eigenvalue weighted by Gasteiger charge is 2.24. The van der Waals surface area contributed by atoms with Crippen LogP contribution in [0, 0.1) is 0 Å². The van der Waals surface area contributed by atoms with Gasteiger partial charge in [-0.3, -0.25) is 4.79 Å². The van der Waals surface area contributed by atoms with Crippen molar-refractivity contribution in [2.24, 2.45) is 0 Å². The third-order valence-electron chi connectivity index (χ3n) is 5.60. The standard InChI is InChI=1S/C20H23N9O2/c30-20(16-2-1-3-17(12-16)29-15-22-24-25-29)28-6-4-26(5-7-28)18-13-19(23-21-14-18)27-8-10-31-11-9-27/h1-3,12-15H,4-11H2. The maximum Gasteiger partial charge on any atom is 0.254 e. The van der Waals surface area contributed by atoms with Crippen molar-refractivity contribution in [3.63, 3.8) is 0 Å². The molecule has 1 aromatic carbocycles. The van der Waals surface area contributed by atoms with E-state index in [1.165, 1.54) is 11.0 Å². The molecule has 11 heteroatoms. The lowest BCUT2D eigenvalue weighted by atomic mass is 10.1. The molecule has 0 N–H and O–H groups in total. The summed E-state index contributed by atoms with van der Waals surface area (Å²) >= 11 is 0. The molecule has 2 saturated heterocycles. The Bertz CT molecular complexity index is 1030. The van der Waals surface area contributed by atoms with Crippen LogP contribution >= 0.6 is 0 Å². The number of benzene rings is 1. The van der Waals surface area contributed by atoms with Crippen LogP contribution < -0.4 is 9.80 Å². The summed E-state index contributed by atoms with van der Waals surface area (Å²) in [6.07, 6.45) is 3.30. The lowest BCUT2D eigenvalue weighted by Gasteiger charge is -2.36. The summed E-state index contributed by atoms with van der Waals surface area (Å²) in [6, 6.07) is 9.42. The molecule has 160 valence electrons. The molecule has 5 rings (SSSR count). The van der Waals surface area contributed by atoms with E-state index in [-0.39, 0.29) is 5.91 Å². The van der Waals surface area contributed by atoms with Gasteiger partial charge >= 0.3 is 0 Å². The Kier molecular flexibility index (Phi) is 5.40. The van der Waals surface area contributed by atoms with Gasteiger partial charge in [0.1, 0.15) is 6.33 Å². The molecule has 2 fully saturated rings. The first-order valence-electron chi connectivity index (χ1n) is 10.3. The van der Waals surface area contributed by atoms with Gasteiger partial charge in [-0.15, -0.1) is 10.2 Å². The minimum atomic E-state index is 0.0106. The van der Waals surface area contributed by atoms with Crippen LogP contribution in [0.4, 0.5) is 11.5 Å². The van der Waals surface area contributed by atoms with Gasteiger partial charge in [-0.1, -0.05) is 6.07 Å². The molecule has 31 heavy (non-hydrogen) atoms. The molecule has 0 unspecified atom stereocenters. The van der Waals surface area contributed by atoms with Gasteiger partial charge in [0, 0.05) is 50.9 Å². The van der Waals surface area contributed by atoms with Crippen molar-refractivity contribution in [1.82, 2.24) is 35.3 Å². The highest BCUT2D eigenvalue weighted by molar-refractivity contribution is 5.95. The molecule has 0 saturated carbocycles. The monoisotopic (exact) mass is 421 g/mol. The van der Waals surface area contributed by atoms with E-state index in [1.54, 1.807) is 6.20 Å². The molecule has 0 radical (unpaired) electrons. The average molecular weight is 421 g/mol. The predicted molar refractivity (Wildman–Crippen MR) is 112 cm³/mol. The fraction of sp³-hybridized carbons (Fsp3) is 0.400. The van der Waals surface area contributed by atoms with Gasteiger partial charge in [0.25, 0.3) is 5.91 Å². The van der Waals surface area contributed by atoms with E-state index in [4.69, 9.17) is 4.74 Å². The Morgan fingerprint density at radius 1 is 0.903 bits per heavy atom. The smallest absolute Gasteiger partial charge is 0.254 e. The Balaban J connectivity index is 1.24. The number of morpholine rings is 1. The average Bonchev–Trinajstić information content (AvgIpc) is 3.40. The topological polar surface area (TPSA) is 105 Å². The van der Waals surface area contributed by atoms with Gasteiger partial charge in [-0.05, 0) is 28.6 Å². The minimum absolute atomic E-state index is 0.0106. The SMILES string of the molecule is O=C(c1cccc(-n2cnnn2)c1)N1CCN(c2cnnc(N3CCOCC3)c2)CC1. The first-order chi connectivity index (χ1) is 15.3. The van der Waals surface area contributed by atoms with Gasteiger partial charge < -0.3 is 19.4 Å². The molecule has 4 heterocycles. The highest BCUT2D eigenvalue weighted by Crippen LogP contribution is 2.22. The number of aromatic nitrogens is 6. The normalized spacial score (nSPS) is 17.1. The predicted octanol–water partition coefficient (Wildman–Crippen LogP) is 0.251. The zero-order valence-electron chi connectivity index (χ0n) is 17.0. The van der Waals surface area contributed by atoms with E-state index in [0.29, 0.717) is 31.9 Å². The Morgan fingerprint density at radius 3 is 2.52 bits per heavy atom. The molecule has 2 aromatic heterocycles. The maximum atomic E-state index is 13.0. The lowest BCUT2D eigenvalue weighted by Crippen LogP contribution is -2.49. The summed E-state index contributed by atoms with van der Waals surface area (Å²) in [7, 11) is 0. The molecule has 0 spiro atoms. The summed E-state index contributed by atoms with van der Waals surface area (Å²) in [5.41, 5.74) is 2.42. The van der Waals surface area contributed by atoms with Crippen molar-refractivity contribution < 1.29 is 9.53 Å². The zero-order chi connectivity index (χ0) is 21.0. The van der Waals surface area contributed by atoms with Gasteiger partial charge in [-0.25, -0.2) is 4.68 Å². The summed E-state index contributed by atoms with van der Waals surface area (Å²) in [6.45, 7) is 5.84.